The summed E-state index contributed by atoms with van der Waals surface area (Å²) in [4.78, 5) is 21.7. The van der Waals surface area contributed by atoms with Gasteiger partial charge in [0.2, 0.25) is 5.91 Å². The number of nitrogens with two attached hydrogens (primary N) is 1. The third-order valence-corrected chi connectivity index (χ3v) is 1.88. The Bertz CT molecular complexity index is 215. The van der Waals surface area contributed by atoms with Gasteiger partial charge in [-0.05, 0) is 6.92 Å². The molecule has 0 spiro atoms. The first-order valence-electron chi connectivity index (χ1n) is 4.16. The number of primary amides is 1. The van der Waals surface area contributed by atoms with Crippen LogP contribution in [0.15, 0.2) is 0 Å². The monoisotopic (exact) mass is 186 g/mol. The minimum absolute atomic E-state index is 0.185. The quantitative estimate of drug-likeness (QED) is 0.416. The van der Waals surface area contributed by atoms with Gasteiger partial charge in [0.1, 0.15) is 6.04 Å². The van der Waals surface area contributed by atoms with Crippen LogP contribution in [0.4, 0.5) is 4.79 Å². The van der Waals surface area contributed by atoms with E-state index in [0.29, 0.717) is 0 Å². The molecule has 0 bridgehead atoms. The van der Waals surface area contributed by atoms with Gasteiger partial charge < -0.3 is 21.7 Å². The zero-order valence-corrected chi connectivity index (χ0v) is 7.46. The second-order valence-electron chi connectivity index (χ2n) is 3.09. The average molecular weight is 186 g/mol. The molecule has 0 aliphatic carbocycles. The van der Waals surface area contributed by atoms with Crippen LogP contribution in [0.3, 0.4) is 0 Å². The molecule has 1 atom stereocenters. The number of hydrogen-bond acceptors (Lipinski definition) is 3. The Morgan fingerprint density at radius 1 is 1.54 bits per heavy atom. The molecule has 74 valence electrons. The highest BCUT2D eigenvalue weighted by molar-refractivity contribution is 5.86. The van der Waals surface area contributed by atoms with Gasteiger partial charge in [-0.15, -0.1) is 0 Å². The number of carbonyl (C=O) groups is 2. The molecule has 1 saturated heterocycles. The molecule has 13 heavy (non-hydrogen) atoms. The van der Waals surface area contributed by atoms with Crippen molar-refractivity contribution in [2.45, 2.75) is 19.0 Å². The van der Waals surface area contributed by atoms with Gasteiger partial charge in [0.25, 0.3) is 0 Å². The first kappa shape index (κ1) is 9.79. The summed E-state index contributed by atoms with van der Waals surface area (Å²) in [5.74, 6) is -0.203. The van der Waals surface area contributed by atoms with Crippen LogP contribution >= 0.6 is 0 Å². The van der Waals surface area contributed by atoms with E-state index in [1.165, 1.54) is 0 Å². The standard InChI is InChI=1S/C7H14N4O2/c1-4(10-7(8)13)6(12)11-5-2-9-3-5/h4-5,9H,2-3H2,1H3,(H,11,12)(H3,8,10,13). The van der Waals surface area contributed by atoms with Crippen LogP contribution in [-0.4, -0.2) is 37.1 Å². The van der Waals surface area contributed by atoms with Crippen molar-refractivity contribution >= 4 is 11.9 Å². The van der Waals surface area contributed by atoms with Crippen LogP contribution in [0.5, 0.6) is 0 Å². The molecule has 1 fully saturated rings. The van der Waals surface area contributed by atoms with E-state index in [9.17, 15) is 9.59 Å². The van der Waals surface area contributed by atoms with Crippen LogP contribution in [0.2, 0.25) is 0 Å². The molecule has 0 aromatic rings. The number of urea groups is 1. The van der Waals surface area contributed by atoms with Crippen LogP contribution < -0.4 is 21.7 Å². The van der Waals surface area contributed by atoms with Gasteiger partial charge in [-0.1, -0.05) is 0 Å². The van der Waals surface area contributed by atoms with Gasteiger partial charge >= 0.3 is 6.03 Å². The van der Waals surface area contributed by atoms with E-state index in [4.69, 9.17) is 5.73 Å². The zero-order chi connectivity index (χ0) is 9.84. The van der Waals surface area contributed by atoms with Crippen molar-refractivity contribution in [2.24, 2.45) is 5.73 Å². The van der Waals surface area contributed by atoms with Crippen molar-refractivity contribution < 1.29 is 9.59 Å². The number of nitrogens with one attached hydrogen (secondary N) is 3. The van der Waals surface area contributed by atoms with Crippen molar-refractivity contribution in [3.63, 3.8) is 0 Å². The summed E-state index contributed by atoms with van der Waals surface area (Å²) in [6.07, 6.45) is 0. The number of amides is 3. The molecule has 6 heteroatoms. The van der Waals surface area contributed by atoms with Gasteiger partial charge in [-0.2, -0.15) is 0 Å². The first-order chi connectivity index (χ1) is 6.09. The van der Waals surface area contributed by atoms with Crippen molar-refractivity contribution in [1.82, 2.24) is 16.0 Å². The predicted octanol–water partition coefficient (Wildman–Crippen LogP) is -1.87. The van der Waals surface area contributed by atoms with Gasteiger partial charge in [-0.3, -0.25) is 4.79 Å². The Morgan fingerprint density at radius 2 is 2.15 bits per heavy atom. The number of carbonyl (C=O) groups excluding carboxylic acids is 2. The molecule has 0 aromatic carbocycles. The van der Waals surface area contributed by atoms with E-state index >= 15 is 0 Å². The lowest BCUT2D eigenvalue weighted by Crippen LogP contribution is -2.60. The minimum atomic E-state index is -0.686. The van der Waals surface area contributed by atoms with E-state index < -0.39 is 12.1 Å². The zero-order valence-electron chi connectivity index (χ0n) is 7.46. The molecule has 3 amide bonds. The summed E-state index contributed by atoms with van der Waals surface area (Å²) in [5, 5.41) is 8.07. The summed E-state index contributed by atoms with van der Waals surface area (Å²) in [6, 6.07) is -1.07. The lowest BCUT2D eigenvalue weighted by molar-refractivity contribution is -0.123. The molecule has 1 rings (SSSR count). The number of hydrogen-bond donors (Lipinski definition) is 4. The summed E-state index contributed by atoms with van der Waals surface area (Å²) in [5.41, 5.74) is 4.87. The molecule has 1 aliphatic rings. The van der Waals surface area contributed by atoms with E-state index in [0.717, 1.165) is 13.1 Å². The molecule has 1 unspecified atom stereocenters. The topological polar surface area (TPSA) is 96.2 Å². The maximum absolute atomic E-state index is 11.3. The summed E-state index contributed by atoms with van der Waals surface area (Å²) >= 11 is 0. The van der Waals surface area contributed by atoms with Crippen molar-refractivity contribution in [3.05, 3.63) is 0 Å². The van der Waals surface area contributed by atoms with Crippen molar-refractivity contribution in [3.8, 4) is 0 Å². The average Bonchev–Trinajstić information content (AvgIpc) is 1.94. The minimum Gasteiger partial charge on any atom is -0.352 e. The third kappa shape index (κ3) is 2.90. The predicted molar refractivity (Wildman–Crippen MR) is 47.0 cm³/mol. The largest absolute Gasteiger partial charge is 0.352 e. The van der Waals surface area contributed by atoms with E-state index in [-0.39, 0.29) is 11.9 Å². The fraction of sp³-hybridized carbons (Fsp3) is 0.714. The Morgan fingerprint density at radius 3 is 2.54 bits per heavy atom. The summed E-state index contributed by atoms with van der Waals surface area (Å²) < 4.78 is 0. The molecule has 0 radical (unpaired) electrons. The lowest BCUT2D eigenvalue weighted by atomic mass is 10.1. The Kier molecular flexibility index (Phi) is 3.07. The number of rotatable bonds is 3. The fourth-order valence-electron chi connectivity index (χ4n) is 0.996. The van der Waals surface area contributed by atoms with Crippen LogP contribution in [0, 0.1) is 0 Å². The highest BCUT2D eigenvalue weighted by Crippen LogP contribution is 1.91. The van der Waals surface area contributed by atoms with Gasteiger partial charge in [0, 0.05) is 13.1 Å². The summed E-state index contributed by atoms with van der Waals surface area (Å²) in [7, 11) is 0. The summed E-state index contributed by atoms with van der Waals surface area (Å²) in [6.45, 7) is 3.16. The van der Waals surface area contributed by atoms with Gasteiger partial charge in [0.05, 0.1) is 6.04 Å². The second-order valence-corrected chi connectivity index (χ2v) is 3.09. The Labute approximate surface area is 76.2 Å². The lowest BCUT2D eigenvalue weighted by Gasteiger charge is -2.29. The molecule has 0 aromatic heterocycles. The molecule has 5 N–H and O–H groups in total. The molecule has 1 heterocycles. The van der Waals surface area contributed by atoms with Crippen LogP contribution in [-0.2, 0) is 4.79 Å². The highest BCUT2D eigenvalue weighted by Gasteiger charge is 2.22. The third-order valence-electron chi connectivity index (χ3n) is 1.88. The maximum Gasteiger partial charge on any atom is 0.312 e. The van der Waals surface area contributed by atoms with Crippen molar-refractivity contribution in [1.29, 1.82) is 0 Å². The van der Waals surface area contributed by atoms with Crippen LogP contribution in [0.1, 0.15) is 6.92 Å². The second kappa shape index (κ2) is 4.08. The molecular formula is C7H14N4O2. The fourth-order valence-corrected chi connectivity index (χ4v) is 0.996. The van der Waals surface area contributed by atoms with Crippen molar-refractivity contribution in [2.75, 3.05) is 13.1 Å². The molecule has 0 saturated carbocycles. The SMILES string of the molecule is CC(NC(N)=O)C(=O)NC1CNC1. The Hall–Kier alpha value is -1.30. The van der Waals surface area contributed by atoms with Gasteiger partial charge in [0.15, 0.2) is 0 Å². The normalized spacial score (nSPS) is 18.5. The Balaban J connectivity index is 2.24. The molecular weight excluding hydrogens is 172 g/mol. The smallest absolute Gasteiger partial charge is 0.312 e. The van der Waals surface area contributed by atoms with Crippen LogP contribution in [0.25, 0.3) is 0 Å². The highest BCUT2D eigenvalue weighted by atomic mass is 16.2. The maximum atomic E-state index is 11.3. The molecule has 6 nitrogen and oxygen atoms in total. The molecule has 1 aliphatic heterocycles. The van der Waals surface area contributed by atoms with E-state index in [1.807, 2.05) is 0 Å². The van der Waals surface area contributed by atoms with E-state index in [1.54, 1.807) is 6.92 Å². The van der Waals surface area contributed by atoms with E-state index in [2.05, 4.69) is 16.0 Å². The first-order valence-corrected chi connectivity index (χ1v) is 4.16. The van der Waals surface area contributed by atoms with Gasteiger partial charge in [-0.25, -0.2) is 4.79 Å².